The molecule has 1 unspecified atom stereocenters. The summed E-state index contributed by atoms with van der Waals surface area (Å²) in [4.78, 5) is 26.1. The summed E-state index contributed by atoms with van der Waals surface area (Å²) in [5, 5.41) is 6.90. The Morgan fingerprint density at radius 1 is 1.28 bits per heavy atom. The van der Waals surface area contributed by atoms with Gasteiger partial charge in [-0.3, -0.25) is 9.59 Å². The molecule has 0 bridgehead atoms. The van der Waals surface area contributed by atoms with E-state index in [1.54, 1.807) is 11.0 Å². The average Bonchev–Trinajstić information content (AvgIpc) is 2.94. The smallest absolute Gasteiger partial charge is 0.229 e. The van der Waals surface area contributed by atoms with Gasteiger partial charge in [-0.25, -0.2) is 0 Å². The third-order valence-electron chi connectivity index (χ3n) is 4.87. The fourth-order valence-electron chi connectivity index (χ4n) is 3.51. The standard InChI is InChI=1S/C18H24ClN3O2.ClH/c19-15-3-1-2-4-16(15)22-12-14(11-18(22)24)21-17(23)6-5-13-7-9-20-10-8-13;/h1-4,13-14,20H,5-12H2,(H,21,23);1H. The molecule has 2 heterocycles. The van der Waals surface area contributed by atoms with Crippen LogP contribution in [0.5, 0.6) is 0 Å². The Hall–Kier alpha value is -1.30. The Morgan fingerprint density at radius 3 is 2.72 bits per heavy atom. The topological polar surface area (TPSA) is 61.4 Å². The van der Waals surface area contributed by atoms with Gasteiger partial charge < -0.3 is 15.5 Å². The first-order valence-corrected chi connectivity index (χ1v) is 9.06. The minimum absolute atomic E-state index is 0. The SMILES string of the molecule is Cl.O=C(CCC1CCNCC1)NC1CC(=O)N(c2ccccc2Cl)C1. The second-order valence-electron chi connectivity index (χ2n) is 6.66. The second-order valence-corrected chi connectivity index (χ2v) is 7.06. The molecule has 2 amide bonds. The number of carbonyl (C=O) groups excluding carboxylic acids is 2. The molecule has 2 saturated heterocycles. The highest BCUT2D eigenvalue weighted by Crippen LogP contribution is 2.29. The lowest BCUT2D eigenvalue weighted by Gasteiger charge is -2.22. The molecule has 2 N–H and O–H groups in total. The van der Waals surface area contributed by atoms with E-state index in [-0.39, 0.29) is 30.3 Å². The molecule has 138 valence electrons. The van der Waals surface area contributed by atoms with Crippen LogP contribution in [0.25, 0.3) is 0 Å². The number of halogens is 2. The summed E-state index contributed by atoms with van der Waals surface area (Å²) in [6.07, 6.45) is 4.11. The zero-order chi connectivity index (χ0) is 16.9. The van der Waals surface area contributed by atoms with Crippen molar-refractivity contribution in [3.05, 3.63) is 29.3 Å². The maximum Gasteiger partial charge on any atom is 0.229 e. The van der Waals surface area contributed by atoms with Gasteiger partial charge in [-0.1, -0.05) is 23.7 Å². The molecule has 0 aliphatic carbocycles. The summed E-state index contributed by atoms with van der Waals surface area (Å²) in [6.45, 7) is 2.59. The molecule has 0 radical (unpaired) electrons. The lowest BCUT2D eigenvalue weighted by molar-refractivity contribution is -0.122. The first-order chi connectivity index (χ1) is 11.6. The van der Waals surface area contributed by atoms with Gasteiger partial charge in [0.1, 0.15) is 0 Å². The lowest BCUT2D eigenvalue weighted by atomic mass is 9.93. The minimum Gasteiger partial charge on any atom is -0.351 e. The number of hydrogen-bond donors (Lipinski definition) is 2. The fourth-order valence-corrected chi connectivity index (χ4v) is 3.75. The molecule has 5 nitrogen and oxygen atoms in total. The first kappa shape index (κ1) is 20.0. The van der Waals surface area contributed by atoms with Crippen molar-refractivity contribution in [2.45, 2.75) is 38.1 Å². The third kappa shape index (κ3) is 5.33. The molecule has 2 fully saturated rings. The van der Waals surface area contributed by atoms with Gasteiger partial charge in [0.05, 0.1) is 16.8 Å². The number of hydrogen-bond acceptors (Lipinski definition) is 3. The van der Waals surface area contributed by atoms with Crippen LogP contribution >= 0.6 is 24.0 Å². The Balaban J connectivity index is 0.00000225. The first-order valence-electron chi connectivity index (χ1n) is 8.68. The largest absolute Gasteiger partial charge is 0.351 e. The predicted octanol–water partition coefficient (Wildman–Crippen LogP) is 2.76. The van der Waals surface area contributed by atoms with E-state index in [0.29, 0.717) is 30.3 Å². The van der Waals surface area contributed by atoms with Crippen LogP contribution < -0.4 is 15.5 Å². The lowest BCUT2D eigenvalue weighted by Crippen LogP contribution is -2.37. The molecule has 0 saturated carbocycles. The van der Waals surface area contributed by atoms with Crippen LogP contribution in [0.3, 0.4) is 0 Å². The molecule has 3 rings (SSSR count). The minimum atomic E-state index is -0.130. The number of rotatable bonds is 5. The summed E-state index contributed by atoms with van der Waals surface area (Å²) >= 11 is 6.17. The number of carbonyl (C=O) groups is 2. The zero-order valence-corrected chi connectivity index (χ0v) is 15.7. The highest BCUT2D eigenvalue weighted by molar-refractivity contribution is 6.33. The van der Waals surface area contributed by atoms with Crippen LogP contribution in [0, 0.1) is 5.92 Å². The van der Waals surface area contributed by atoms with Crippen LogP contribution in [0.1, 0.15) is 32.1 Å². The van der Waals surface area contributed by atoms with Crippen molar-refractivity contribution >= 4 is 41.5 Å². The van der Waals surface area contributed by atoms with Crippen molar-refractivity contribution in [1.29, 1.82) is 0 Å². The number of amides is 2. The van der Waals surface area contributed by atoms with Crippen molar-refractivity contribution in [2.75, 3.05) is 24.5 Å². The molecule has 25 heavy (non-hydrogen) atoms. The normalized spacial score (nSPS) is 21.1. The highest BCUT2D eigenvalue weighted by atomic mass is 35.5. The summed E-state index contributed by atoms with van der Waals surface area (Å²) in [7, 11) is 0. The van der Waals surface area contributed by atoms with Crippen LogP contribution in [-0.2, 0) is 9.59 Å². The van der Waals surface area contributed by atoms with Gasteiger partial charge in [0.2, 0.25) is 11.8 Å². The van der Waals surface area contributed by atoms with E-state index >= 15 is 0 Å². The van der Waals surface area contributed by atoms with Crippen molar-refractivity contribution < 1.29 is 9.59 Å². The van der Waals surface area contributed by atoms with Crippen molar-refractivity contribution in [3.63, 3.8) is 0 Å². The quantitative estimate of drug-likeness (QED) is 0.818. The number of anilines is 1. The number of piperidine rings is 1. The molecular weight excluding hydrogens is 361 g/mol. The van der Waals surface area contributed by atoms with Gasteiger partial charge in [-0.05, 0) is 50.4 Å². The van der Waals surface area contributed by atoms with Crippen LogP contribution in [0.15, 0.2) is 24.3 Å². The molecule has 0 aromatic heterocycles. The van der Waals surface area contributed by atoms with Gasteiger partial charge in [0.25, 0.3) is 0 Å². The second kappa shape index (κ2) is 9.41. The Kier molecular flexibility index (Phi) is 7.54. The summed E-state index contributed by atoms with van der Waals surface area (Å²) < 4.78 is 0. The summed E-state index contributed by atoms with van der Waals surface area (Å²) in [6, 6.07) is 7.18. The van der Waals surface area contributed by atoms with Crippen molar-refractivity contribution in [1.82, 2.24) is 10.6 Å². The molecule has 2 aliphatic heterocycles. The maximum absolute atomic E-state index is 12.2. The number of benzene rings is 1. The van der Waals surface area contributed by atoms with Gasteiger partial charge in [0.15, 0.2) is 0 Å². The molecule has 0 spiro atoms. The fraction of sp³-hybridized carbons (Fsp3) is 0.556. The van der Waals surface area contributed by atoms with Crippen molar-refractivity contribution in [2.24, 2.45) is 5.92 Å². The average molecular weight is 386 g/mol. The number of nitrogens with one attached hydrogen (secondary N) is 2. The summed E-state index contributed by atoms with van der Waals surface area (Å²) in [5.41, 5.74) is 0.718. The van der Waals surface area contributed by atoms with Gasteiger partial charge in [-0.2, -0.15) is 0 Å². The van der Waals surface area contributed by atoms with Crippen LogP contribution in [0.4, 0.5) is 5.69 Å². The highest BCUT2D eigenvalue weighted by Gasteiger charge is 2.32. The molecule has 1 aromatic rings. The van der Waals surface area contributed by atoms with E-state index in [9.17, 15) is 9.59 Å². The predicted molar refractivity (Wildman–Crippen MR) is 102 cm³/mol. The van der Waals surface area contributed by atoms with Gasteiger partial charge in [0, 0.05) is 19.4 Å². The molecule has 1 aromatic carbocycles. The van der Waals surface area contributed by atoms with Crippen LogP contribution in [-0.4, -0.2) is 37.5 Å². The van der Waals surface area contributed by atoms with E-state index in [2.05, 4.69) is 10.6 Å². The van der Waals surface area contributed by atoms with Gasteiger partial charge >= 0.3 is 0 Å². The Bertz CT molecular complexity index is 606. The van der Waals surface area contributed by atoms with E-state index in [4.69, 9.17) is 11.6 Å². The monoisotopic (exact) mass is 385 g/mol. The summed E-state index contributed by atoms with van der Waals surface area (Å²) in [5.74, 6) is 0.695. The zero-order valence-electron chi connectivity index (χ0n) is 14.2. The van der Waals surface area contributed by atoms with Gasteiger partial charge in [-0.15, -0.1) is 12.4 Å². The molecule has 2 aliphatic rings. The molecule has 1 atom stereocenters. The van der Waals surface area contributed by atoms with Crippen molar-refractivity contribution in [3.8, 4) is 0 Å². The number of nitrogens with zero attached hydrogens (tertiary/aromatic N) is 1. The van der Waals surface area contributed by atoms with E-state index < -0.39 is 0 Å². The number of para-hydroxylation sites is 1. The Labute approximate surface area is 159 Å². The molecular formula is C18H25Cl2N3O2. The van der Waals surface area contributed by atoms with E-state index in [0.717, 1.165) is 38.0 Å². The van der Waals surface area contributed by atoms with E-state index in [1.807, 2.05) is 18.2 Å². The maximum atomic E-state index is 12.2. The van der Waals surface area contributed by atoms with Crippen LogP contribution in [0.2, 0.25) is 5.02 Å². The molecule has 7 heteroatoms. The Morgan fingerprint density at radius 2 is 2.00 bits per heavy atom. The van der Waals surface area contributed by atoms with E-state index in [1.165, 1.54) is 0 Å². The third-order valence-corrected chi connectivity index (χ3v) is 5.19.